The molecule has 0 aliphatic heterocycles. The van der Waals surface area contributed by atoms with E-state index in [1.165, 1.54) is 41.4 Å². The zero-order valence-corrected chi connectivity index (χ0v) is 22.4. The van der Waals surface area contributed by atoms with Crippen LogP contribution in [0.25, 0.3) is 22.9 Å². The molecule has 5 rings (SSSR count). The second kappa shape index (κ2) is 11.8. The topological polar surface area (TPSA) is 151 Å². The number of anilines is 1. The Kier molecular flexibility index (Phi) is 7.82. The largest absolute Gasteiger partial charge is 0.466 e. The summed E-state index contributed by atoms with van der Waals surface area (Å²) >= 11 is 0. The van der Waals surface area contributed by atoms with Gasteiger partial charge < -0.3 is 19.3 Å². The van der Waals surface area contributed by atoms with Crippen molar-refractivity contribution in [3.8, 4) is 22.9 Å². The Morgan fingerprint density at radius 2 is 1.79 bits per heavy atom. The summed E-state index contributed by atoms with van der Waals surface area (Å²) in [5, 5.41) is 11.0. The number of aromatic nitrogens is 5. The fraction of sp³-hybridized carbons (Fsp3) is 0.138. The number of nitrogens with zero attached hydrogens (tertiary/aromatic N) is 5. The van der Waals surface area contributed by atoms with E-state index in [0.717, 1.165) is 14.0 Å². The Morgan fingerprint density at radius 1 is 1.02 bits per heavy atom. The lowest BCUT2D eigenvalue weighted by atomic mass is 10.1. The third kappa shape index (κ3) is 5.75. The Labute approximate surface area is 238 Å². The first-order chi connectivity index (χ1) is 20.3. The molecule has 1 unspecified atom stereocenters. The van der Waals surface area contributed by atoms with Crippen LogP contribution in [0, 0.1) is 5.82 Å². The monoisotopic (exact) mass is 570 g/mol. The summed E-state index contributed by atoms with van der Waals surface area (Å²) in [4.78, 5) is 47.2. The Morgan fingerprint density at radius 3 is 2.50 bits per heavy atom. The number of ether oxygens (including phenoxy) is 2. The number of rotatable bonds is 9. The molecule has 0 aliphatic carbocycles. The standard InChI is InChI=1S/C29H23FN6O6/c1-29(28(39)40-2,42-26(37)18-8-4-3-5-9-18)27(38)33-24-12-14-31-25(32-24)22-16-23(21-13-15-41-35-21)36(34-22)17-19-10-6-7-11-20(19)30/h3-16H,17H2,1-2H3,(H,31,32,33,38). The van der Waals surface area contributed by atoms with E-state index in [9.17, 15) is 18.8 Å². The molecule has 3 aromatic heterocycles. The van der Waals surface area contributed by atoms with E-state index < -0.39 is 29.3 Å². The van der Waals surface area contributed by atoms with Crippen LogP contribution in [-0.2, 0) is 25.6 Å². The van der Waals surface area contributed by atoms with Gasteiger partial charge in [0.05, 0.1) is 24.9 Å². The molecule has 0 radical (unpaired) electrons. The highest BCUT2D eigenvalue weighted by Gasteiger charge is 2.47. The highest BCUT2D eigenvalue weighted by molar-refractivity contribution is 6.13. The van der Waals surface area contributed by atoms with E-state index >= 15 is 0 Å². The maximum absolute atomic E-state index is 14.4. The van der Waals surface area contributed by atoms with Gasteiger partial charge in [-0.2, -0.15) is 5.10 Å². The van der Waals surface area contributed by atoms with E-state index in [0.29, 0.717) is 17.0 Å². The molecular formula is C29H23FN6O6. The zero-order valence-electron chi connectivity index (χ0n) is 22.4. The summed E-state index contributed by atoms with van der Waals surface area (Å²) in [6.07, 6.45) is 2.76. The quantitative estimate of drug-likeness (QED) is 0.204. The molecule has 0 saturated heterocycles. The molecule has 1 atom stereocenters. The van der Waals surface area contributed by atoms with Crippen molar-refractivity contribution in [2.24, 2.45) is 0 Å². The first kappa shape index (κ1) is 27.8. The van der Waals surface area contributed by atoms with Crippen LogP contribution < -0.4 is 5.32 Å². The smallest absolute Gasteiger partial charge is 0.360 e. The summed E-state index contributed by atoms with van der Waals surface area (Å²) in [6, 6.07) is 18.8. The normalized spacial score (nSPS) is 12.3. The van der Waals surface area contributed by atoms with Crippen LogP contribution in [0.15, 0.2) is 89.8 Å². The predicted octanol–water partition coefficient (Wildman–Crippen LogP) is 3.91. The number of hydrogen-bond donors (Lipinski definition) is 1. The fourth-order valence-corrected chi connectivity index (χ4v) is 3.97. The van der Waals surface area contributed by atoms with Crippen molar-refractivity contribution >= 4 is 23.7 Å². The van der Waals surface area contributed by atoms with E-state index in [2.05, 4.69) is 25.5 Å². The molecule has 0 bridgehead atoms. The second-order valence-corrected chi connectivity index (χ2v) is 9.05. The van der Waals surface area contributed by atoms with Gasteiger partial charge in [0.2, 0.25) is 0 Å². The summed E-state index contributed by atoms with van der Waals surface area (Å²) in [7, 11) is 1.07. The zero-order chi connectivity index (χ0) is 29.7. The van der Waals surface area contributed by atoms with E-state index in [4.69, 9.17) is 14.0 Å². The number of halogens is 1. The number of esters is 2. The maximum atomic E-state index is 14.4. The van der Waals surface area contributed by atoms with Crippen LogP contribution in [0.1, 0.15) is 22.8 Å². The van der Waals surface area contributed by atoms with Gasteiger partial charge in [0.25, 0.3) is 11.5 Å². The van der Waals surface area contributed by atoms with Gasteiger partial charge in [-0.15, -0.1) is 0 Å². The van der Waals surface area contributed by atoms with Crippen molar-refractivity contribution < 1.29 is 32.8 Å². The molecule has 12 nitrogen and oxygen atoms in total. The van der Waals surface area contributed by atoms with Crippen LogP contribution in [0.4, 0.5) is 10.2 Å². The van der Waals surface area contributed by atoms with Crippen molar-refractivity contribution in [2.75, 3.05) is 12.4 Å². The molecule has 0 saturated carbocycles. The molecule has 212 valence electrons. The molecular weight excluding hydrogens is 547 g/mol. The van der Waals surface area contributed by atoms with Gasteiger partial charge in [-0.25, -0.2) is 23.9 Å². The minimum Gasteiger partial charge on any atom is -0.466 e. The van der Waals surface area contributed by atoms with Crippen molar-refractivity contribution in [1.82, 2.24) is 24.9 Å². The van der Waals surface area contributed by atoms with Gasteiger partial charge in [0.1, 0.15) is 29.3 Å². The first-order valence-electron chi connectivity index (χ1n) is 12.5. The maximum Gasteiger partial charge on any atom is 0.360 e. The SMILES string of the molecule is COC(=O)C(C)(OC(=O)c1ccccc1)C(=O)Nc1ccnc(-c2cc(-c3ccon3)n(Cc3ccccc3F)n2)n1. The highest BCUT2D eigenvalue weighted by Crippen LogP contribution is 2.26. The number of hydrogen-bond acceptors (Lipinski definition) is 10. The minimum atomic E-state index is -2.34. The van der Waals surface area contributed by atoms with Crippen LogP contribution >= 0.6 is 0 Å². The number of amides is 1. The fourth-order valence-electron chi connectivity index (χ4n) is 3.97. The van der Waals surface area contributed by atoms with Crippen LogP contribution in [-0.4, -0.2) is 55.5 Å². The number of carbonyl (C=O) groups is 3. The Balaban J connectivity index is 1.43. The minimum absolute atomic E-state index is 0.0115. The predicted molar refractivity (Wildman–Crippen MR) is 145 cm³/mol. The van der Waals surface area contributed by atoms with Gasteiger partial charge in [-0.1, -0.05) is 41.6 Å². The molecule has 2 aromatic carbocycles. The molecule has 13 heteroatoms. The molecule has 5 aromatic rings. The van der Waals surface area contributed by atoms with Gasteiger partial charge in [-0.3, -0.25) is 9.48 Å². The number of carbonyl (C=O) groups excluding carboxylic acids is 3. The Bertz CT molecular complexity index is 1740. The third-order valence-electron chi connectivity index (χ3n) is 6.20. The van der Waals surface area contributed by atoms with E-state index in [1.807, 2.05) is 0 Å². The van der Waals surface area contributed by atoms with Gasteiger partial charge >= 0.3 is 11.9 Å². The van der Waals surface area contributed by atoms with Crippen LogP contribution in [0.2, 0.25) is 0 Å². The van der Waals surface area contributed by atoms with Crippen molar-refractivity contribution in [2.45, 2.75) is 19.1 Å². The van der Waals surface area contributed by atoms with Crippen molar-refractivity contribution in [1.29, 1.82) is 0 Å². The lowest BCUT2D eigenvalue weighted by Gasteiger charge is -2.25. The third-order valence-corrected chi connectivity index (χ3v) is 6.20. The number of benzene rings is 2. The summed E-state index contributed by atoms with van der Waals surface area (Å²) in [5.74, 6) is -3.31. The van der Waals surface area contributed by atoms with Gasteiger partial charge in [-0.05, 0) is 37.3 Å². The number of nitrogens with one attached hydrogen (secondary N) is 1. The summed E-state index contributed by atoms with van der Waals surface area (Å²) < 4.78 is 31.0. The van der Waals surface area contributed by atoms with Crippen molar-refractivity contribution in [3.05, 3.63) is 102 Å². The lowest BCUT2D eigenvalue weighted by molar-refractivity contribution is -0.165. The summed E-state index contributed by atoms with van der Waals surface area (Å²) in [6.45, 7) is 1.20. The molecule has 0 aliphatic rings. The lowest BCUT2D eigenvalue weighted by Crippen LogP contribution is -2.51. The summed E-state index contributed by atoms with van der Waals surface area (Å²) in [5.41, 5.74) is -0.570. The second-order valence-electron chi connectivity index (χ2n) is 9.05. The Hall–Kier alpha value is -5.72. The number of methoxy groups -OCH3 is 1. The van der Waals surface area contributed by atoms with E-state index in [-0.39, 0.29) is 29.4 Å². The van der Waals surface area contributed by atoms with Gasteiger partial charge in [0, 0.05) is 17.8 Å². The van der Waals surface area contributed by atoms with Crippen LogP contribution in [0.3, 0.4) is 0 Å². The van der Waals surface area contributed by atoms with E-state index in [1.54, 1.807) is 48.5 Å². The molecule has 42 heavy (non-hydrogen) atoms. The molecule has 1 N–H and O–H groups in total. The highest BCUT2D eigenvalue weighted by atomic mass is 19.1. The molecule has 1 amide bonds. The van der Waals surface area contributed by atoms with Crippen molar-refractivity contribution in [3.63, 3.8) is 0 Å². The average Bonchev–Trinajstić information content (AvgIpc) is 3.69. The first-order valence-corrected chi connectivity index (χ1v) is 12.5. The van der Waals surface area contributed by atoms with Gasteiger partial charge in [0.15, 0.2) is 5.82 Å². The van der Waals surface area contributed by atoms with Crippen LogP contribution in [0.5, 0.6) is 0 Å². The molecule has 3 heterocycles. The molecule has 0 fully saturated rings. The molecule has 0 spiro atoms. The average molecular weight is 571 g/mol.